The minimum absolute atomic E-state index is 0.564. The maximum atomic E-state index is 5.83. The highest BCUT2D eigenvalue weighted by Gasteiger charge is 2.03. The van der Waals surface area contributed by atoms with Crippen LogP contribution in [0.2, 0.25) is 5.15 Å². The summed E-state index contributed by atoms with van der Waals surface area (Å²) >= 11 is 7.63. The summed E-state index contributed by atoms with van der Waals surface area (Å²) in [5.41, 5.74) is 6.47. The van der Waals surface area contributed by atoms with Gasteiger partial charge in [-0.1, -0.05) is 11.6 Å². The van der Waals surface area contributed by atoms with Gasteiger partial charge in [0, 0.05) is 4.88 Å². The number of unbranched alkanes of at least 4 members (excludes halogenated alkanes) is 1. The first-order chi connectivity index (χ1) is 7.29. The predicted molar refractivity (Wildman–Crippen MR) is 66.6 cm³/mol. The number of fused-ring (bicyclic) bond motifs is 1. The molecule has 80 valence electrons. The Hall–Kier alpha value is -0.640. The van der Waals surface area contributed by atoms with Crippen LogP contribution in [-0.2, 0) is 6.42 Å². The molecule has 0 aliphatic carbocycles. The van der Waals surface area contributed by atoms with E-state index >= 15 is 0 Å². The summed E-state index contributed by atoms with van der Waals surface area (Å²) < 4.78 is 1.21. The van der Waals surface area contributed by atoms with E-state index < -0.39 is 0 Å². The van der Waals surface area contributed by atoms with Gasteiger partial charge >= 0.3 is 0 Å². The van der Waals surface area contributed by atoms with Crippen LogP contribution in [0.25, 0.3) is 10.2 Å². The van der Waals surface area contributed by atoms with Crippen LogP contribution in [-0.4, -0.2) is 11.5 Å². The Labute approximate surface area is 98.1 Å². The van der Waals surface area contributed by atoms with Crippen LogP contribution >= 0.6 is 22.9 Å². The van der Waals surface area contributed by atoms with E-state index in [-0.39, 0.29) is 0 Å². The molecule has 0 aliphatic rings. The molecule has 0 fully saturated rings. The number of rotatable bonds is 4. The lowest BCUT2D eigenvalue weighted by Gasteiger charge is -1.93. The number of aromatic nitrogens is 1. The fourth-order valence-electron chi connectivity index (χ4n) is 1.52. The number of nitrogens with two attached hydrogens (primary N) is 1. The molecule has 4 heteroatoms. The zero-order valence-corrected chi connectivity index (χ0v) is 9.94. The topological polar surface area (TPSA) is 38.9 Å². The highest BCUT2D eigenvalue weighted by molar-refractivity contribution is 7.19. The van der Waals surface area contributed by atoms with E-state index in [1.165, 1.54) is 9.58 Å². The average Bonchev–Trinajstić information content (AvgIpc) is 2.60. The molecule has 2 aromatic heterocycles. The van der Waals surface area contributed by atoms with Crippen LogP contribution in [0.15, 0.2) is 18.2 Å². The Balaban J connectivity index is 2.16. The smallest absolute Gasteiger partial charge is 0.129 e. The van der Waals surface area contributed by atoms with Crippen molar-refractivity contribution in [1.82, 2.24) is 4.98 Å². The molecule has 0 amide bonds. The Morgan fingerprint density at radius 3 is 3.00 bits per heavy atom. The van der Waals surface area contributed by atoms with Gasteiger partial charge in [-0.25, -0.2) is 4.98 Å². The molecular weight excluding hydrogens is 228 g/mol. The first-order valence-corrected chi connectivity index (χ1v) is 6.24. The van der Waals surface area contributed by atoms with Crippen LogP contribution in [0.5, 0.6) is 0 Å². The third-order valence-electron chi connectivity index (χ3n) is 2.27. The molecule has 15 heavy (non-hydrogen) atoms. The lowest BCUT2D eigenvalue weighted by molar-refractivity contribution is 0.751. The van der Waals surface area contributed by atoms with Gasteiger partial charge in [-0.05, 0) is 44.0 Å². The molecule has 2 rings (SSSR count). The van der Waals surface area contributed by atoms with Gasteiger partial charge in [0.2, 0.25) is 0 Å². The van der Waals surface area contributed by atoms with E-state index in [0.717, 1.165) is 31.3 Å². The molecule has 0 unspecified atom stereocenters. The average molecular weight is 241 g/mol. The molecule has 0 spiro atoms. The van der Waals surface area contributed by atoms with Gasteiger partial charge in [0.15, 0.2) is 0 Å². The Morgan fingerprint density at radius 1 is 1.33 bits per heavy atom. The maximum Gasteiger partial charge on any atom is 0.129 e. The molecule has 0 aromatic carbocycles. The minimum Gasteiger partial charge on any atom is -0.330 e. The molecule has 0 atom stereocenters. The Bertz CT molecular complexity index is 453. The summed E-state index contributed by atoms with van der Waals surface area (Å²) in [4.78, 5) is 5.64. The van der Waals surface area contributed by atoms with Gasteiger partial charge in [-0.2, -0.15) is 0 Å². The second-order valence-electron chi connectivity index (χ2n) is 3.48. The van der Waals surface area contributed by atoms with Crippen molar-refractivity contribution in [1.29, 1.82) is 0 Å². The van der Waals surface area contributed by atoms with Crippen LogP contribution < -0.4 is 5.73 Å². The molecule has 0 aliphatic heterocycles. The normalized spacial score (nSPS) is 11.1. The largest absolute Gasteiger partial charge is 0.330 e. The van der Waals surface area contributed by atoms with Crippen LogP contribution in [0.4, 0.5) is 0 Å². The fourth-order valence-corrected chi connectivity index (χ4v) is 2.72. The summed E-state index contributed by atoms with van der Waals surface area (Å²) in [6.45, 7) is 0.773. The van der Waals surface area contributed by atoms with Crippen molar-refractivity contribution in [2.45, 2.75) is 19.3 Å². The SMILES string of the molecule is NCCCCc1cc2nc(Cl)ccc2s1. The monoisotopic (exact) mass is 240 g/mol. The lowest BCUT2D eigenvalue weighted by Crippen LogP contribution is -1.98. The quantitative estimate of drug-likeness (QED) is 0.658. The summed E-state index contributed by atoms with van der Waals surface area (Å²) in [6.07, 6.45) is 3.33. The van der Waals surface area contributed by atoms with Gasteiger partial charge < -0.3 is 5.73 Å². The highest BCUT2D eigenvalue weighted by Crippen LogP contribution is 2.26. The summed E-state index contributed by atoms with van der Waals surface area (Å²) in [5, 5.41) is 0.564. The standard InChI is InChI=1S/C11H13ClN2S/c12-11-5-4-10-9(14-11)7-8(15-10)3-1-2-6-13/h4-5,7H,1-3,6,13H2. The lowest BCUT2D eigenvalue weighted by atomic mass is 10.2. The molecule has 2 aromatic rings. The second kappa shape index (κ2) is 4.92. The van der Waals surface area contributed by atoms with Crippen molar-refractivity contribution in [2.24, 2.45) is 5.73 Å². The van der Waals surface area contributed by atoms with Gasteiger partial charge in [-0.3, -0.25) is 0 Å². The molecule has 2 nitrogen and oxygen atoms in total. The number of hydrogen-bond acceptors (Lipinski definition) is 3. The maximum absolute atomic E-state index is 5.83. The first kappa shape index (κ1) is 10.9. The summed E-state index contributed by atoms with van der Waals surface area (Å²) in [5.74, 6) is 0. The number of nitrogens with zero attached hydrogens (tertiary/aromatic N) is 1. The number of thiophene rings is 1. The van der Waals surface area contributed by atoms with Gasteiger partial charge in [0.05, 0.1) is 10.2 Å². The van der Waals surface area contributed by atoms with E-state index in [9.17, 15) is 0 Å². The van der Waals surface area contributed by atoms with Crippen molar-refractivity contribution in [3.05, 3.63) is 28.2 Å². The number of aryl methyl sites for hydroxylation is 1. The van der Waals surface area contributed by atoms with Gasteiger partial charge in [0.25, 0.3) is 0 Å². The van der Waals surface area contributed by atoms with Crippen molar-refractivity contribution in [3.63, 3.8) is 0 Å². The Kier molecular flexibility index (Phi) is 3.57. The second-order valence-corrected chi connectivity index (χ2v) is 5.03. The third kappa shape index (κ3) is 2.68. The molecule has 2 heterocycles. The van der Waals surface area contributed by atoms with Crippen molar-refractivity contribution >= 4 is 33.2 Å². The van der Waals surface area contributed by atoms with Crippen LogP contribution in [0.3, 0.4) is 0 Å². The minimum atomic E-state index is 0.564. The zero-order valence-electron chi connectivity index (χ0n) is 8.37. The number of halogens is 1. The van der Waals surface area contributed by atoms with E-state index in [2.05, 4.69) is 11.1 Å². The van der Waals surface area contributed by atoms with Crippen LogP contribution in [0.1, 0.15) is 17.7 Å². The van der Waals surface area contributed by atoms with E-state index in [1.807, 2.05) is 12.1 Å². The summed E-state index contributed by atoms with van der Waals surface area (Å²) in [6, 6.07) is 5.99. The molecule has 0 radical (unpaired) electrons. The fraction of sp³-hybridized carbons (Fsp3) is 0.364. The predicted octanol–water partition coefficient (Wildman–Crippen LogP) is 3.23. The third-order valence-corrected chi connectivity index (χ3v) is 3.63. The van der Waals surface area contributed by atoms with Gasteiger partial charge in [-0.15, -0.1) is 11.3 Å². The number of pyridine rings is 1. The van der Waals surface area contributed by atoms with Gasteiger partial charge in [0.1, 0.15) is 5.15 Å². The van der Waals surface area contributed by atoms with E-state index in [4.69, 9.17) is 17.3 Å². The molecule has 0 saturated carbocycles. The first-order valence-electron chi connectivity index (χ1n) is 5.04. The molecule has 0 saturated heterocycles. The Morgan fingerprint density at radius 2 is 2.20 bits per heavy atom. The summed E-state index contributed by atoms with van der Waals surface area (Å²) in [7, 11) is 0. The van der Waals surface area contributed by atoms with Crippen molar-refractivity contribution < 1.29 is 0 Å². The molecular formula is C11H13ClN2S. The van der Waals surface area contributed by atoms with Crippen molar-refractivity contribution in [2.75, 3.05) is 6.54 Å². The van der Waals surface area contributed by atoms with E-state index in [1.54, 1.807) is 11.3 Å². The van der Waals surface area contributed by atoms with Crippen LogP contribution in [0, 0.1) is 0 Å². The molecule has 0 bridgehead atoms. The van der Waals surface area contributed by atoms with Crippen molar-refractivity contribution in [3.8, 4) is 0 Å². The number of hydrogen-bond donors (Lipinski definition) is 1. The van der Waals surface area contributed by atoms with E-state index in [0.29, 0.717) is 5.15 Å². The zero-order chi connectivity index (χ0) is 10.7. The highest BCUT2D eigenvalue weighted by atomic mass is 35.5. The molecule has 2 N–H and O–H groups in total.